The molecule has 1 aliphatic rings. The van der Waals surface area contributed by atoms with Gasteiger partial charge in [0.05, 0.1) is 0 Å². The van der Waals surface area contributed by atoms with E-state index in [9.17, 15) is 4.79 Å². The Hall–Kier alpha value is -0.770. The van der Waals surface area contributed by atoms with Crippen molar-refractivity contribution >= 4 is 6.09 Å². The molecular weight excluding hydrogens is 216 g/mol. The average Bonchev–Trinajstić information content (AvgIpc) is 2.24. The summed E-state index contributed by atoms with van der Waals surface area (Å²) in [4.78, 5) is 13.9. The summed E-state index contributed by atoms with van der Waals surface area (Å²) >= 11 is 0. The molecule has 1 aliphatic heterocycles. The van der Waals surface area contributed by atoms with Gasteiger partial charge in [-0.25, -0.2) is 4.79 Å². The first kappa shape index (κ1) is 14.3. The third-order valence-corrected chi connectivity index (χ3v) is 2.87. The highest BCUT2D eigenvalue weighted by Gasteiger charge is 2.29. The molecule has 1 fully saturated rings. The molecule has 100 valence electrons. The van der Waals surface area contributed by atoms with Crippen molar-refractivity contribution in [3.8, 4) is 0 Å². The predicted octanol–water partition coefficient (Wildman–Crippen LogP) is 2.39. The van der Waals surface area contributed by atoms with Crippen molar-refractivity contribution in [1.29, 1.82) is 0 Å². The smallest absolute Gasteiger partial charge is 0.410 e. The van der Waals surface area contributed by atoms with E-state index in [1.807, 2.05) is 25.7 Å². The number of ether oxygens (including phenoxy) is 1. The van der Waals surface area contributed by atoms with E-state index in [0.29, 0.717) is 6.04 Å². The van der Waals surface area contributed by atoms with Gasteiger partial charge < -0.3 is 15.0 Å². The van der Waals surface area contributed by atoms with Gasteiger partial charge in [0.1, 0.15) is 5.60 Å². The van der Waals surface area contributed by atoms with E-state index in [4.69, 9.17) is 4.74 Å². The maximum absolute atomic E-state index is 12.1. The number of nitrogens with zero attached hydrogens (tertiary/aromatic N) is 1. The second-order valence-electron chi connectivity index (χ2n) is 5.67. The van der Waals surface area contributed by atoms with Crippen LogP contribution in [0, 0.1) is 0 Å². The van der Waals surface area contributed by atoms with E-state index in [-0.39, 0.29) is 6.09 Å². The molecular formula is C13H26N2O2. The molecule has 1 unspecified atom stereocenters. The first-order chi connectivity index (χ1) is 7.94. The molecule has 4 nitrogen and oxygen atoms in total. The molecule has 0 bridgehead atoms. The second kappa shape index (κ2) is 6.24. The quantitative estimate of drug-likeness (QED) is 0.826. The molecule has 1 N–H and O–H groups in total. The van der Waals surface area contributed by atoms with Crippen LogP contribution < -0.4 is 5.32 Å². The van der Waals surface area contributed by atoms with Gasteiger partial charge in [-0.05, 0) is 27.2 Å². The van der Waals surface area contributed by atoms with E-state index in [1.54, 1.807) is 0 Å². The van der Waals surface area contributed by atoms with Crippen LogP contribution in [0.25, 0.3) is 0 Å². The molecule has 1 saturated heterocycles. The zero-order valence-electron chi connectivity index (χ0n) is 11.6. The minimum absolute atomic E-state index is 0.167. The van der Waals surface area contributed by atoms with Gasteiger partial charge >= 0.3 is 6.09 Å². The third-order valence-electron chi connectivity index (χ3n) is 2.87. The van der Waals surface area contributed by atoms with Gasteiger partial charge in [0.2, 0.25) is 0 Å². The van der Waals surface area contributed by atoms with Crippen molar-refractivity contribution in [1.82, 2.24) is 10.2 Å². The Morgan fingerprint density at radius 2 is 2.18 bits per heavy atom. The van der Waals surface area contributed by atoms with E-state index >= 15 is 0 Å². The first-order valence-corrected chi connectivity index (χ1v) is 6.64. The van der Waals surface area contributed by atoms with Crippen molar-refractivity contribution in [3.63, 3.8) is 0 Å². The fraction of sp³-hybridized carbons (Fsp3) is 0.923. The van der Waals surface area contributed by atoms with E-state index in [1.165, 1.54) is 6.42 Å². The molecule has 0 radical (unpaired) electrons. The van der Waals surface area contributed by atoms with Crippen molar-refractivity contribution in [3.05, 3.63) is 0 Å². The maximum atomic E-state index is 12.1. The van der Waals surface area contributed by atoms with E-state index < -0.39 is 5.60 Å². The van der Waals surface area contributed by atoms with Gasteiger partial charge in [-0.2, -0.15) is 0 Å². The summed E-state index contributed by atoms with van der Waals surface area (Å²) < 4.78 is 5.45. The lowest BCUT2D eigenvalue weighted by Gasteiger charge is -2.37. The van der Waals surface area contributed by atoms with Crippen molar-refractivity contribution in [2.45, 2.75) is 58.6 Å². The Bertz CT molecular complexity index is 248. The van der Waals surface area contributed by atoms with E-state index in [0.717, 1.165) is 32.5 Å². The SMILES string of the molecule is CCCCC1CNCCN1C(=O)OC(C)(C)C. The number of unbranched alkanes of at least 4 members (excludes halogenated alkanes) is 1. The van der Waals surface area contributed by atoms with Crippen LogP contribution in [-0.4, -0.2) is 42.3 Å². The van der Waals surface area contributed by atoms with Crippen molar-refractivity contribution in [2.24, 2.45) is 0 Å². The molecule has 4 heteroatoms. The summed E-state index contributed by atoms with van der Waals surface area (Å²) in [6.07, 6.45) is 3.22. The predicted molar refractivity (Wildman–Crippen MR) is 69.1 cm³/mol. The Kier molecular flexibility index (Phi) is 5.25. The zero-order valence-corrected chi connectivity index (χ0v) is 11.6. The van der Waals surface area contributed by atoms with Gasteiger partial charge in [-0.1, -0.05) is 19.8 Å². The molecule has 1 rings (SSSR count). The number of carbonyl (C=O) groups is 1. The molecule has 17 heavy (non-hydrogen) atoms. The zero-order chi connectivity index (χ0) is 12.9. The summed E-state index contributed by atoms with van der Waals surface area (Å²) in [5, 5.41) is 3.34. The fourth-order valence-electron chi connectivity index (χ4n) is 2.02. The lowest BCUT2D eigenvalue weighted by Crippen LogP contribution is -2.54. The normalized spacial score (nSPS) is 21.4. The highest BCUT2D eigenvalue weighted by atomic mass is 16.6. The minimum Gasteiger partial charge on any atom is -0.444 e. The Morgan fingerprint density at radius 1 is 1.47 bits per heavy atom. The minimum atomic E-state index is -0.405. The van der Waals surface area contributed by atoms with Gasteiger partial charge in [-0.3, -0.25) is 0 Å². The molecule has 1 atom stereocenters. The number of hydrogen-bond donors (Lipinski definition) is 1. The molecule has 1 amide bonds. The van der Waals surface area contributed by atoms with E-state index in [2.05, 4.69) is 12.2 Å². The molecule has 0 aliphatic carbocycles. The highest BCUT2D eigenvalue weighted by Crippen LogP contribution is 2.16. The highest BCUT2D eigenvalue weighted by molar-refractivity contribution is 5.68. The van der Waals surface area contributed by atoms with Crippen LogP contribution in [0.1, 0.15) is 47.0 Å². The van der Waals surface area contributed by atoms with Crippen LogP contribution in [0.4, 0.5) is 4.79 Å². The van der Waals surface area contributed by atoms with Crippen LogP contribution >= 0.6 is 0 Å². The van der Waals surface area contributed by atoms with Crippen LogP contribution in [0.15, 0.2) is 0 Å². The summed E-state index contributed by atoms with van der Waals surface area (Å²) in [5.41, 5.74) is -0.405. The Balaban J connectivity index is 2.54. The Labute approximate surface area is 105 Å². The second-order valence-corrected chi connectivity index (χ2v) is 5.67. The number of hydrogen-bond acceptors (Lipinski definition) is 3. The van der Waals surface area contributed by atoms with Gasteiger partial charge in [0, 0.05) is 25.7 Å². The Morgan fingerprint density at radius 3 is 2.76 bits per heavy atom. The van der Waals surface area contributed by atoms with Crippen molar-refractivity contribution < 1.29 is 9.53 Å². The third kappa shape index (κ3) is 4.94. The molecule has 0 aromatic heterocycles. The van der Waals surface area contributed by atoms with Gasteiger partial charge in [0.15, 0.2) is 0 Å². The standard InChI is InChI=1S/C13H26N2O2/c1-5-6-7-11-10-14-8-9-15(11)12(16)17-13(2,3)4/h11,14H,5-10H2,1-4H3. The lowest BCUT2D eigenvalue weighted by atomic mass is 10.1. The summed E-state index contributed by atoms with van der Waals surface area (Å²) in [7, 11) is 0. The molecule has 0 spiro atoms. The largest absolute Gasteiger partial charge is 0.444 e. The number of piperazine rings is 1. The maximum Gasteiger partial charge on any atom is 0.410 e. The van der Waals surface area contributed by atoms with Crippen LogP contribution in [0.5, 0.6) is 0 Å². The lowest BCUT2D eigenvalue weighted by molar-refractivity contribution is 0.0110. The number of nitrogens with one attached hydrogen (secondary N) is 1. The summed E-state index contributed by atoms with van der Waals surface area (Å²) in [6.45, 7) is 10.4. The summed E-state index contributed by atoms with van der Waals surface area (Å²) in [5.74, 6) is 0. The topological polar surface area (TPSA) is 41.6 Å². The molecule has 1 heterocycles. The summed E-state index contributed by atoms with van der Waals surface area (Å²) in [6, 6.07) is 0.290. The van der Waals surface area contributed by atoms with Crippen LogP contribution in [-0.2, 0) is 4.74 Å². The van der Waals surface area contributed by atoms with Crippen molar-refractivity contribution in [2.75, 3.05) is 19.6 Å². The molecule has 0 aromatic carbocycles. The van der Waals surface area contributed by atoms with Crippen LogP contribution in [0.2, 0.25) is 0 Å². The first-order valence-electron chi connectivity index (χ1n) is 6.64. The monoisotopic (exact) mass is 242 g/mol. The van der Waals surface area contributed by atoms with Crippen LogP contribution in [0.3, 0.4) is 0 Å². The fourth-order valence-corrected chi connectivity index (χ4v) is 2.02. The molecule has 0 aromatic rings. The number of carbonyl (C=O) groups excluding carboxylic acids is 1. The van der Waals surface area contributed by atoms with Gasteiger partial charge in [-0.15, -0.1) is 0 Å². The number of rotatable bonds is 3. The number of amides is 1. The molecule has 0 saturated carbocycles. The average molecular weight is 242 g/mol. The van der Waals surface area contributed by atoms with Gasteiger partial charge in [0.25, 0.3) is 0 Å².